The van der Waals surface area contributed by atoms with Gasteiger partial charge in [0, 0.05) is 17.8 Å². The molecule has 0 atom stereocenters. The van der Waals surface area contributed by atoms with Gasteiger partial charge in [0.15, 0.2) is 0 Å². The average molecular weight is 306 g/mol. The van der Waals surface area contributed by atoms with Crippen LogP contribution in [-0.2, 0) is 17.8 Å². The van der Waals surface area contributed by atoms with Gasteiger partial charge in [-0.2, -0.15) is 0 Å². The molecule has 0 unspecified atom stereocenters. The first-order chi connectivity index (χ1) is 11.3. The van der Waals surface area contributed by atoms with E-state index in [4.69, 9.17) is 4.42 Å². The summed E-state index contributed by atoms with van der Waals surface area (Å²) in [4.78, 5) is 11.4. The molecule has 6 nitrogen and oxygen atoms in total. The smallest absolute Gasteiger partial charge is 0.316 e. The molecule has 1 aliphatic rings. The number of hydrogen-bond donors (Lipinski definition) is 2. The van der Waals surface area contributed by atoms with Crippen LogP contribution < -0.4 is 10.6 Å². The predicted octanol–water partition coefficient (Wildman–Crippen LogP) is 2.84. The molecule has 0 spiro atoms. The largest absolute Gasteiger partial charge is 0.403 e. The lowest BCUT2D eigenvalue weighted by atomic mass is 10.1. The molecule has 2 N–H and O–H groups in total. The highest BCUT2D eigenvalue weighted by molar-refractivity contribution is 5.99. The van der Waals surface area contributed by atoms with Gasteiger partial charge in [-0.1, -0.05) is 35.4 Å². The molecule has 0 aliphatic carbocycles. The van der Waals surface area contributed by atoms with Gasteiger partial charge >= 0.3 is 6.01 Å². The van der Waals surface area contributed by atoms with Crippen LogP contribution in [0.5, 0.6) is 0 Å². The minimum Gasteiger partial charge on any atom is -0.403 e. The van der Waals surface area contributed by atoms with Crippen molar-refractivity contribution in [2.24, 2.45) is 0 Å². The highest BCUT2D eigenvalue weighted by Gasteiger charge is 2.19. The van der Waals surface area contributed by atoms with E-state index in [1.165, 1.54) is 0 Å². The monoisotopic (exact) mass is 306 g/mol. The van der Waals surface area contributed by atoms with Crippen LogP contribution >= 0.6 is 0 Å². The fraction of sp³-hybridized carbons (Fsp3) is 0.118. The molecule has 1 aliphatic heterocycles. The van der Waals surface area contributed by atoms with Crippen molar-refractivity contribution >= 4 is 17.6 Å². The fourth-order valence-electron chi connectivity index (χ4n) is 2.55. The van der Waals surface area contributed by atoms with Gasteiger partial charge in [-0.3, -0.25) is 4.79 Å². The Balaban J connectivity index is 1.50. The Morgan fingerprint density at radius 3 is 2.87 bits per heavy atom. The Kier molecular flexibility index (Phi) is 3.27. The van der Waals surface area contributed by atoms with Crippen molar-refractivity contribution < 1.29 is 9.21 Å². The highest BCUT2D eigenvalue weighted by Crippen LogP contribution is 2.29. The summed E-state index contributed by atoms with van der Waals surface area (Å²) in [7, 11) is 0. The number of nitrogens with zero attached hydrogens (tertiary/aromatic N) is 2. The van der Waals surface area contributed by atoms with Crippen LogP contribution in [0.2, 0.25) is 0 Å². The lowest BCUT2D eigenvalue weighted by Crippen LogP contribution is -2.03. The van der Waals surface area contributed by atoms with Gasteiger partial charge in [0.1, 0.15) is 0 Å². The van der Waals surface area contributed by atoms with Crippen LogP contribution in [0.1, 0.15) is 11.1 Å². The van der Waals surface area contributed by atoms with Crippen molar-refractivity contribution in [2.45, 2.75) is 13.0 Å². The molecule has 1 amide bonds. The number of fused-ring (bicyclic) bond motifs is 1. The molecule has 6 heteroatoms. The zero-order valence-electron chi connectivity index (χ0n) is 12.2. The van der Waals surface area contributed by atoms with Crippen LogP contribution in [0.25, 0.3) is 11.5 Å². The van der Waals surface area contributed by atoms with Gasteiger partial charge in [-0.25, -0.2) is 0 Å². The van der Waals surface area contributed by atoms with E-state index in [-0.39, 0.29) is 5.91 Å². The maximum atomic E-state index is 11.4. The van der Waals surface area contributed by atoms with E-state index in [1.807, 2.05) is 48.5 Å². The Hall–Kier alpha value is -3.15. The molecule has 2 aromatic carbocycles. The van der Waals surface area contributed by atoms with Gasteiger partial charge in [0.2, 0.25) is 11.8 Å². The molecule has 0 radical (unpaired) electrons. The third kappa shape index (κ3) is 2.78. The number of carbonyl (C=O) groups excluding carboxylic acids is 1. The number of rotatable bonds is 4. The van der Waals surface area contributed by atoms with Gasteiger partial charge < -0.3 is 15.1 Å². The average Bonchev–Trinajstić information content (AvgIpc) is 3.18. The Morgan fingerprint density at radius 1 is 1.13 bits per heavy atom. The van der Waals surface area contributed by atoms with E-state index in [9.17, 15) is 4.79 Å². The normalized spacial score (nSPS) is 12.8. The summed E-state index contributed by atoms with van der Waals surface area (Å²) in [5.41, 5.74) is 3.74. The van der Waals surface area contributed by atoms with Crippen molar-refractivity contribution in [3.8, 4) is 11.5 Å². The molecule has 0 fully saturated rings. The minimum absolute atomic E-state index is 0.00731. The SMILES string of the molecule is O=C1Cc2cc(-c3nnc(NCc4ccccc4)o3)ccc2N1. The molecule has 0 saturated heterocycles. The molecule has 2 heterocycles. The van der Waals surface area contributed by atoms with Crippen LogP contribution in [0.15, 0.2) is 52.9 Å². The standard InChI is InChI=1S/C17H14N4O2/c22-15-9-13-8-12(6-7-14(13)19-15)16-20-21-17(23-16)18-10-11-4-2-1-3-5-11/h1-8H,9-10H2,(H,18,21)(H,19,22). The minimum atomic E-state index is 0.00731. The van der Waals surface area contributed by atoms with Crippen molar-refractivity contribution in [2.75, 3.05) is 10.6 Å². The van der Waals surface area contributed by atoms with E-state index in [2.05, 4.69) is 20.8 Å². The Labute approximate surface area is 132 Å². The topological polar surface area (TPSA) is 80.1 Å². The first kappa shape index (κ1) is 13.5. The van der Waals surface area contributed by atoms with Crippen molar-refractivity contribution in [3.05, 3.63) is 59.7 Å². The fourth-order valence-corrected chi connectivity index (χ4v) is 2.55. The molecular formula is C17H14N4O2. The highest BCUT2D eigenvalue weighted by atomic mass is 16.4. The zero-order chi connectivity index (χ0) is 15.6. The third-order valence-electron chi connectivity index (χ3n) is 3.69. The summed E-state index contributed by atoms with van der Waals surface area (Å²) in [6, 6.07) is 16.0. The Bertz CT molecular complexity index is 858. The molecule has 1 aromatic heterocycles. The molecule has 0 saturated carbocycles. The molecule has 114 valence electrons. The molecular weight excluding hydrogens is 292 g/mol. The maximum Gasteiger partial charge on any atom is 0.316 e. The number of anilines is 2. The van der Waals surface area contributed by atoms with E-state index in [0.717, 1.165) is 22.4 Å². The number of carbonyl (C=O) groups is 1. The summed E-state index contributed by atoms with van der Waals surface area (Å²) in [5, 5.41) is 14.0. The second kappa shape index (κ2) is 5.57. The first-order valence-electron chi connectivity index (χ1n) is 7.32. The van der Waals surface area contributed by atoms with Crippen LogP contribution in [0.3, 0.4) is 0 Å². The van der Waals surface area contributed by atoms with Gasteiger partial charge in [-0.15, -0.1) is 5.10 Å². The van der Waals surface area contributed by atoms with E-state index in [0.29, 0.717) is 24.9 Å². The maximum absolute atomic E-state index is 11.4. The van der Waals surface area contributed by atoms with Crippen LogP contribution in [-0.4, -0.2) is 16.1 Å². The number of aromatic nitrogens is 2. The second-order valence-electron chi connectivity index (χ2n) is 5.35. The zero-order valence-corrected chi connectivity index (χ0v) is 12.2. The third-order valence-corrected chi connectivity index (χ3v) is 3.69. The van der Waals surface area contributed by atoms with Gasteiger partial charge in [0.05, 0.1) is 6.42 Å². The molecule has 23 heavy (non-hydrogen) atoms. The number of benzene rings is 2. The Morgan fingerprint density at radius 2 is 2.00 bits per heavy atom. The number of amides is 1. The predicted molar refractivity (Wildman–Crippen MR) is 85.8 cm³/mol. The molecule has 0 bridgehead atoms. The van der Waals surface area contributed by atoms with E-state index < -0.39 is 0 Å². The molecule has 4 rings (SSSR count). The quantitative estimate of drug-likeness (QED) is 0.774. The second-order valence-corrected chi connectivity index (χ2v) is 5.35. The summed E-state index contributed by atoms with van der Waals surface area (Å²) >= 11 is 0. The van der Waals surface area contributed by atoms with Gasteiger partial charge in [-0.05, 0) is 29.3 Å². The number of hydrogen-bond acceptors (Lipinski definition) is 5. The summed E-state index contributed by atoms with van der Waals surface area (Å²) in [6.45, 7) is 0.616. The van der Waals surface area contributed by atoms with Crippen LogP contribution in [0, 0.1) is 0 Å². The van der Waals surface area contributed by atoms with E-state index >= 15 is 0 Å². The summed E-state index contributed by atoms with van der Waals surface area (Å²) in [5.74, 6) is 0.440. The summed E-state index contributed by atoms with van der Waals surface area (Å²) < 4.78 is 5.64. The van der Waals surface area contributed by atoms with Crippen molar-refractivity contribution in [3.63, 3.8) is 0 Å². The van der Waals surface area contributed by atoms with Crippen molar-refractivity contribution in [1.82, 2.24) is 10.2 Å². The van der Waals surface area contributed by atoms with Crippen molar-refractivity contribution in [1.29, 1.82) is 0 Å². The number of nitrogens with one attached hydrogen (secondary N) is 2. The lowest BCUT2D eigenvalue weighted by Gasteiger charge is -2.01. The molecule has 3 aromatic rings. The first-order valence-corrected chi connectivity index (χ1v) is 7.32. The lowest BCUT2D eigenvalue weighted by molar-refractivity contribution is -0.115. The van der Waals surface area contributed by atoms with E-state index in [1.54, 1.807) is 0 Å². The van der Waals surface area contributed by atoms with Crippen LogP contribution in [0.4, 0.5) is 11.7 Å². The van der Waals surface area contributed by atoms with Gasteiger partial charge in [0.25, 0.3) is 0 Å². The summed E-state index contributed by atoms with van der Waals surface area (Å²) in [6.07, 6.45) is 0.385.